The number of fused-ring (bicyclic) bond motifs is 5. The number of hydrogen-bond donors (Lipinski definition) is 3. The van der Waals surface area contributed by atoms with Crippen LogP contribution in [0.4, 0.5) is 0 Å². The third-order valence-electron chi connectivity index (χ3n) is 10.5. The Kier molecular flexibility index (Phi) is 6.06. The molecule has 3 heteroatoms. The molecule has 4 rings (SSSR count). The number of aliphatic hydroxyl groups excluding tert-OH is 2. The summed E-state index contributed by atoms with van der Waals surface area (Å²) >= 11 is 0. The van der Waals surface area contributed by atoms with Crippen LogP contribution in [0.5, 0.6) is 0 Å². The van der Waals surface area contributed by atoms with Gasteiger partial charge in [-0.25, -0.2) is 0 Å². The Labute approximate surface area is 190 Å². The summed E-state index contributed by atoms with van der Waals surface area (Å²) in [6.45, 7) is 13.5. The molecule has 176 valence electrons. The van der Waals surface area contributed by atoms with Crippen LogP contribution in [0, 0.1) is 40.4 Å². The van der Waals surface area contributed by atoms with Gasteiger partial charge in [-0.1, -0.05) is 51.0 Å². The van der Waals surface area contributed by atoms with Gasteiger partial charge in [0, 0.05) is 11.8 Å². The van der Waals surface area contributed by atoms with Crippen molar-refractivity contribution in [3.63, 3.8) is 0 Å². The van der Waals surface area contributed by atoms with Crippen LogP contribution in [0.2, 0.25) is 0 Å². The van der Waals surface area contributed by atoms with Crippen molar-refractivity contribution in [2.75, 3.05) is 0 Å². The third kappa shape index (κ3) is 3.87. The van der Waals surface area contributed by atoms with Gasteiger partial charge in [0.1, 0.15) is 0 Å². The maximum atomic E-state index is 11.1. The van der Waals surface area contributed by atoms with Gasteiger partial charge in [0.25, 0.3) is 0 Å². The molecule has 0 aliphatic heterocycles. The lowest BCUT2D eigenvalue weighted by Gasteiger charge is -2.56. The van der Waals surface area contributed by atoms with E-state index in [-0.39, 0.29) is 5.41 Å². The second kappa shape index (κ2) is 7.99. The highest BCUT2D eigenvalue weighted by atomic mass is 16.3. The minimum atomic E-state index is -0.574. The van der Waals surface area contributed by atoms with Crippen LogP contribution in [-0.4, -0.2) is 33.1 Å². The van der Waals surface area contributed by atoms with Crippen LogP contribution in [-0.2, 0) is 0 Å². The maximum absolute atomic E-state index is 11.1. The van der Waals surface area contributed by atoms with E-state index in [1.807, 2.05) is 13.8 Å². The van der Waals surface area contributed by atoms with Crippen molar-refractivity contribution in [2.24, 2.45) is 40.4 Å². The Balaban J connectivity index is 1.56. The first-order valence-corrected chi connectivity index (χ1v) is 12.9. The van der Waals surface area contributed by atoms with E-state index < -0.39 is 17.8 Å². The van der Waals surface area contributed by atoms with Crippen LogP contribution < -0.4 is 0 Å². The average molecular weight is 431 g/mol. The zero-order valence-electron chi connectivity index (χ0n) is 20.7. The van der Waals surface area contributed by atoms with E-state index in [1.54, 1.807) is 5.57 Å². The normalized spacial score (nSPS) is 44.5. The summed E-state index contributed by atoms with van der Waals surface area (Å²) in [7, 11) is 0. The molecule has 0 amide bonds. The smallest absolute Gasteiger partial charge is 0.0661 e. The monoisotopic (exact) mass is 430 g/mol. The fourth-order valence-corrected chi connectivity index (χ4v) is 8.19. The highest BCUT2D eigenvalue weighted by Crippen LogP contribution is 2.66. The molecule has 0 heterocycles. The molecule has 3 fully saturated rings. The van der Waals surface area contributed by atoms with E-state index >= 15 is 0 Å². The summed E-state index contributed by atoms with van der Waals surface area (Å²) in [5, 5.41) is 31.5. The molecule has 3 N–H and O–H groups in total. The maximum Gasteiger partial charge on any atom is 0.0661 e. The van der Waals surface area contributed by atoms with Gasteiger partial charge in [-0.2, -0.15) is 0 Å². The van der Waals surface area contributed by atoms with Gasteiger partial charge in [0.05, 0.1) is 17.8 Å². The molecule has 0 bridgehead atoms. The summed E-state index contributed by atoms with van der Waals surface area (Å²) in [5.74, 6) is 3.06. The Morgan fingerprint density at radius 1 is 1.06 bits per heavy atom. The molecule has 0 radical (unpaired) electrons. The second-order valence-corrected chi connectivity index (χ2v) is 12.8. The SMILES string of the molecule is CC(CCC(C)(C)O)[C@H](C)[C@H]1CC[C@H]2C3=CC=C4C[C@@H](O)C[C@H](O)[C@]4(C)[C@H]3CC[C@]12C. The topological polar surface area (TPSA) is 60.7 Å². The molecular weight excluding hydrogens is 384 g/mol. The lowest BCUT2D eigenvalue weighted by molar-refractivity contribution is -0.0554. The van der Waals surface area contributed by atoms with Gasteiger partial charge in [-0.3, -0.25) is 0 Å². The van der Waals surface area contributed by atoms with E-state index in [2.05, 4.69) is 39.8 Å². The van der Waals surface area contributed by atoms with Crippen LogP contribution in [0.15, 0.2) is 23.3 Å². The van der Waals surface area contributed by atoms with Crippen LogP contribution >= 0.6 is 0 Å². The fraction of sp³-hybridized carbons (Fsp3) is 0.857. The number of hydrogen-bond acceptors (Lipinski definition) is 3. The van der Waals surface area contributed by atoms with Crippen molar-refractivity contribution in [1.29, 1.82) is 0 Å². The van der Waals surface area contributed by atoms with E-state index in [1.165, 1.54) is 24.8 Å². The Hall–Kier alpha value is -0.640. The summed E-state index contributed by atoms with van der Waals surface area (Å²) in [5.41, 5.74) is 2.42. The Morgan fingerprint density at radius 3 is 2.45 bits per heavy atom. The molecule has 3 saturated carbocycles. The molecule has 0 aromatic rings. The van der Waals surface area contributed by atoms with Gasteiger partial charge in [0.2, 0.25) is 0 Å². The highest BCUT2D eigenvalue weighted by Gasteiger charge is 2.59. The van der Waals surface area contributed by atoms with E-state index in [0.717, 1.165) is 25.2 Å². The summed E-state index contributed by atoms with van der Waals surface area (Å²) < 4.78 is 0. The number of rotatable bonds is 5. The summed E-state index contributed by atoms with van der Waals surface area (Å²) in [4.78, 5) is 0. The zero-order valence-corrected chi connectivity index (χ0v) is 20.7. The van der Waals surface area contributed by atoms with Crippen molar-refractivity contribution in [3.8, 4) is 0 Å². The van der Waals surface area contributed by atoms with Gasteiger partial charge in [-0.05, 0) is 93.8 Å². The summed E-state index contributed by atoms with van der Waals surface area (Å²) in [6, 6.07) is 0. The first-order chi connectivity index (χ1) is 14.4. The van der Waals surface area contributed by atoms with Gasteiger partial charge in [-0.15, -0.1) is 0 Å². The lowest BCUT2D eigenvalue weighted by Crippen LogP contribution is -2.52. The molecule has 9 atom stereocenters. The van der Waals surface area contributed by atoms with Gasteiger partial charge in [0.15, 0.2) is 0 Å². The molecule has 0 aromatic heterocycles. The predicted octanol–water partition coefficient (Wildman–Crippen LogP) is 5.64. The van der Waals surface area contributed by atoms with Crippen LogP contribution in [0.1, 0.15) is 92.9 Å². The van der Waals surface area contributed by atoms with Crippen molar-refractivity contribution in [3.05, 3.63) is 23.3 Å². The molecule has 3 nitrogen and oxygen atoms in total. The van der Waals surface area contributed by atoms with Crippen molar-refractivity contribution < 1.29 is 15.3 Å². The average Bonchev–Trinajstić information content (AvgIpc) is 3.03. The number of allylic oxidation sites excluding steroid dienone is 3. The first-order valence-electron chi connectivity index (χ1n) is 12.9. The molecule has 31 heavy (non-hydrogen) atoms. The zero-order chi connectivity index (χ0) is 22.8. The Bertz CT molecular complexity index is 746. The Morgan fingerprint density at radius 2 is 1.77 bits per heavy atom. The standard InChI is InChI=1S/C28H46O3/c1-17(11-13-26(3,4)31)18(2)22-9-10-23-21-8-7-19-15-20(29)16-25(30)28(19,6)24(21)12-14-27(22,23)5/h7-8,17-18,20,22-25,29-31H,9-16H2,1-6H3/t17?,18-,20+,22+,23-,24-,25-,27+,28-/m0/s1. The molecule has 0 saturated heterocycles. The largest absolute Gasteiger partial charge is 0.393 e. The van der Waals surface area contributed by atoms with Crippen molar-refractivity contribution in [2.45, 2.75) is 111 Å². The fourth-order valence-electron chi connectivity index (χ4n) is 8.19. The van der Waals surface area contributed by atoms with E-state index in [0.29, 0.717) is 41.9 Å². The molecule has 4 aliphatic carbocycles. The van der Waals surface area contributed by atoms with E-state index in [4.69, 9.17) is 0 Å². The lowest BCUT2D eigenvalue weighted by atomic mass is 9.49. The van der Waals surface area contributed by atoms with Crippen LogP contribution in [0.3, 0.4) is 0 Å². The van der Waals surface area contributed by atoms with Gasteiger partial charge >= 0.3 is 0 Å². The molecular formula is C28H46O3. The third-order valence-corrected chi connectivity index (χ3v) is 10.5. The van der Waals surface area contributed by atoms with Crippen LogP contribution in [0.25, 0.3) is 0 Å². The van der Waals surface area contributed by atoms with Crippen molar-refractivity contribution in [1.82, 2.24) is 0 Å². The number of aliphatic hydroxyl groups is 3. The molecule has 0 spiro atoms. The summed E-state index contributed by atoms with van der Waals surface area (Å²) in [6.07, 6.45) is 11.9. The quantitative estimate of drug-likeness (QED) is 0.529. The van der Waals surface area contributed by atoms with Crippen molar-refractivity contribution >= 4 is 0 Å². The highest BCUT2D eigenvalue weighted by molar-refractivity contribution is 5.40. The first kappa shape index (κ1) is 23.5. The molecule has 1 unspecified atom stereocenters. The molecule has 4 aliphatic rings. The minimum absolute atomic E-state index is 0.200. The van der Waals surface area contributed by atoms with E-state index in [9.17, 15) is 15.3 Å². The predicted molar refractivity (Wildman–Crippen MR) is 126 cm³/mol. The van der Waals surface area contributed by atoms with Gasteiger partial charge < -0.3 is 15.3 Å². The minimum Gasteiger partial charge on any atom is -0.393 e. The molecule has 0 aromatic carbocycles. The second-order valence-electron chi connectivity index (χ2n) is 12.8.